The van der Waals surface area contributed by atoms with E-state index < -0.39 is 19.1 Å². The summed E-state index contributed by atoms with van der Waals surface area (Å²) in [5.41, 5.74) is 4.62. The molecule has 1 rings (SSSR count). The van der Waals surface area contributed by atoms with Crippen LogP contribution in [0, 0.1) is 11.5 Å². The fraction of sp³-hybridized carbons (Fsp3) is 0.556. The van der Waals surface area contributed by atoms with Gasteiger partial charge in [-0.1, -0.05) is 53.8 Å². The molecule has 1 aromatic rings. The summed E-state index contributed by atoms with van der Waals surface area (Å²) < 4.78 is 16.6. The van der Waals surface area contributed by atoms with Gasteiger partial charge in [-0.25, -0.2) is 8.93 Å². The van der Waals surface area contributed by atoms with Crippen LogP contribution in [0.15, 0.2) is 28.7 Å². The van der Waals surface area contributed by atoms with Crippen molar-refractivity contribution in [3.05, 3.63) is 34.3 Å². The quantitative estimate of drug-likeness (QED) is 0.550. The molecule has 0 radical (unpaired) electrons. The van der Waals surface area contributed by atoms with E-state index in [4.69, 9.17) is 0 Å². The minimum absolute atomic E-state index is 0.0811. The van der Waals surface area contributed by atoms with Crippen LogP contribution in [-0.4, -0.2) is 23.1 Å². The van der Waals surface area contributed by atoms with Crippen LogP contribution in [0.5, 0.6) is 0 Å². The Morgan fingerprint density at radius 2 is 1.87 bits per heavy atom. The average molecular weight is 414 g/mol. The third-order valence-corrected chi connectivity index (χ3v) is 6.43. The fourth-order valence-corrected chi connectivity index (χ4v) is 3.75. The van der Waals surface area contributed by atoms with E-state index in [0.717, 1.165) is 10.9 Å². The molecular formula is C18H28BrNOSSi. The standard InChI is InChI=1S/C18H28BrNOSSi/c1-18(2,3)22(21)20-16(11-9-13-23(4,5)6)14-15-10-7-8-12-17(15)19/h7-8,10,12,16,20H,11,14H2,1-6H3/t16-,22+/m1/s1. The fourth-order valence-electron chi connectivity index (χ4n) is 1.85. The average Bonchev–Trinajstić information content (AvgIpc) is 2.38. The Balaban J connectivity index is 2.89. The molecule has 0 saturated heterocycles. The number of nitrogens with one attached hydrogen (secondary N) is 1. The largest absolute Gasteiger partial charge is 0.242 e. The van der Waals surface area contributed by atoms with Gasteiger partial charge in [0, 0.05) is 16.9 Å². The second-order valence-electron chi connectivity index (χ2n) is 7.75. The lowest BCUT2D eigenvalue weighted by Crippen LogP contribution is -2.40. The Bertz CT molecular complexity index is 608. The molecule has 128 valence electrons. The van der Waals surface area contributed by atoms with E-state index >= 15 is 0 Å². The van der Waals surface area contributed by atoms with E-state index in [0.29, 0.717) is 6.42 Å². The topological polar surface area (TPSA) is 29.1 Å². The van der Waals surface area contributed by atoms with Crippen LogP contribution in [0.4, 0.5) is 0 Å². The van der Waals surface area contributed by atoms with Gasteiger partial charge >= 0.3 is 0 Å². The van der Waals surface area contributed by atoms with Gasteiger partial charge in [0.2, 0.25) is 0 Å². The molecule has 23 heavy (non-hydrogen) atoms. The Hall–Kier alpha value is -0.413. The molecule has 0 amide bonds. The molecule has 2 atom stereocenters. The number of halogens is 1. The lowest BCUT2D eigenvalue weighted by molar-refractivity contribution is 0.586. The highest BCUT2D eigenvalue weighted by Gasteiger charge is 2.23. The lowest BCUT2D eigenvalue weighted by Gasteiger charge is -2.23. The molecule has 0 fully saturated rings. The van der Waals surface area contributed by atoms with E-state index in [1.807, 2.05) is 39.0 Å². The zero-order valence-electron chi connectivity index (χ0n) is 15.0. The van der Waals surface area contributed by atoms with Gasteiger partial charge in [0.1, 0.15) is 8.07 Å². The van der Waals surface area contributed by atoms with Crippen molar-refractivity contribution in [1.29, 1.82) is 0 Å². The zero-order chi connectivity index (χ0) is 17.7. The van der Waals surface area contributed by atoms with E-state index in [-0.39, 0.29) is 10.8 Å². The lowest BCUT2D eigenvalue weighted by atomic mass is 10.0. The molecule has 0 aromatic heterocycles. The Morgan fingerprint density at radius 1 is 1.26 bits per heavy atom. The third-order valence-electron chi connectivity index (χ3n) is 3.07. The second-order valence-corrected chi connectivity index (χ2v) is 15.3. The second kappa shape index (κ2) is 8.62. The van der Waals surface area contributed by atoms with Gasteiger partial charge in [0.25, 0.3) is 0 Å². The van der Waals surface area contributed by atoms with Crippen LogP contribution < -0.4 is 4.72 Å². The van der Waals surface area contributed by atoms with Gasteiger partial charge in [-0.2, -0.15) is 0 Å². The first-order valence-electron chi connectivity index (χ1n) is 7.90. The summed E-state index contributed by atoms with van der Waals surface area (Å²) in [4.78, 5) is 0. The molecule has 0 aliphatic heterocycles. The molecule has 0 saturated carbocycles. The van der Waals surface area contributed by atoms with Crippen molar-refractivity contribution >= 4 is 35.0 Å². The summed E-state index contributed by atoms with van der Waals surface area (Å²) in [5.74, 6) is 3.32. The van der Waals surface area contributed by atoms with Crippen LogP contribution in [-0.2, 0) is 17.4 Å². The first kappa shape index (κ1) is 20.6. The van der Waals surface area contributed by atoms with Crippen molar-refractivity contribution in [3.63, 3.8) is 0 Å². The molecule has 5 heteroatoms. The monoisotopic (exact) mass is 413 g/mol. The van der Waals surface area contributed by atoms with Gasteiger partial charge in [-0.05, 0) is 38.8 Å². The minimum atomic E-state index is -1.38. The molecule has 0 spiro atoms. The van der Waals surface area contributed by atoms with Crippen LogP contribution >= 0.6 is 15.9 Å². The smallest absolute Gasteiger partial charge is 0.129 e. The SMILES string of the molecule is CC(C)(C)[S@](=O)N[C@H](CC#C[Si](C)(C)C)Cc1ccccc1Br. The predicted molar refractivity (Wildman–Crippen MR) is 108 cm³/mol. The van der Waals surface area contributed by atoms with Gasteiger partial charge in [-0.15, -0.1) is 11.5 Å². The third kappa shape index (κ3) is 8.30. The highest BCUT2D eigenvalue weighted by atomic mass is 79.9. The number of hydrogen-bond acceptors (Lipinski definition) is 1. The number of benzene rings is 1. The molecule has 1 N–H and O–H groups in total. The van der Waals surface area contributed by atoms with Crippen molar-refractivity contribution in [1.82, 2.24) is 4.72 Å². The molecule has 2 nitrogen and oxygen atoms in total. The van der Waals surface area contributed by atoms with E-state index in [2.05, 4.69) is 57.8 Å². The summed E-state index contributed by atoms with van der Waals surface area (Å²) in [6.07, 6.45) is 1.52. The Labute approximate surface area is 153 Å². The van der Waals surface area contributed by atoms with Gasteiger partial charge < -0.3 is 0 Å². The summed E-state index contributed by atoms with van der Waals surface area (Å²) in [6, 6.07) is 8.27. The van der Waals surface area contributed by atoms with Crippen molar-refractivity contribution in [2.75, 3.05) is 0 Å². The Morgan fingerprint density at radius 3 is 2.39 bits per heavy atom. The molecule has 0 aliphatic carbocycles. The van der Waals surface area contributed by atoms with Gasteiger partial charge in [0.15, 0.2) is 0 Å². The van der Waals surface area contributed by atoms with Crippen LogP contribution in [0.3, 0.4) is 0 Å². The van der Waals surface area contributed by atoms with E-state index in [9.17, 15) is 4.21 Å². The maximum atomic E-state index is 12.5. The predicted octanol–water partition coefficient (Wildman–Crippen LogP) is 4.68. The molecule has 0 aliphatic rings. The summed E-state index contributed by atoms with van der Waals surface area (Å²) in [7, 11) is -2.47. The van der Waals surface area contributed by atoms with Crippen molar-refractivity contribution in [3.8, 4) is 11.5 Å². The van der Waals surface area contributed by atoms with Crippen LogP contribution in [0.25, 0.3) is 0 Å². The van der Waals surface area contributed by atoms with Crippen molar-refractivity contribution in [2.24, 2.45) is 0 Å². The minimum Gasteiger partial charge on any atom is -0.242 e. The summed E-state index contributed by atoms with van der Waals surface area (Å²) in [5, 5.41) is 0. The first-order valence-corrected chi connectivity index (χ1v) is 13.3. The molecule has 0 bridgehead atoms. The van der Waals surface area contributed by atoms with Gasteiger partial charge in [-0.3, -0.25) is 0 Å². The van der Waals surface area contributed by atoms with E-state index in [1.54, 1.807) is 0 Å². The highest BCUT2D eigenvalue weighted by molar-refractivity contribution is 9.10. The zero-order valence-corrected chi connectivity index (χ0v) is 18.4. The van der Waals surface area contributed by atoms with Crippen molar-refractivity contribution < 1.29 is 4.21 Å². The van der Waals surface area contributed by atoms with Crippen LogP contribution in [0.1, 0.15) is 32.8 Å². The van der Waals surface area contributed by atoms with Gasteiger partial charge in [0.05, 0.1) is 15.7 Å². The molecular weight excluding hydrogens is 386 g/mol. The van der Waals surface area contributed by atoms with Crippen molar-refractivity contribution in [2.45, 2.75) is 64.0 Å². The number of rotatable bonds is 5. The first-order chi connectivity index (χ1) is 10.5. The van der Waals surface area contributed by atoms with Crippen LogP contribution in [0.2, 0.25) is 19.6 Å². The molecule has 0 unspecified atom stereocenters. The maximum absolute atomic E-state index is 12.5. The highest BCUT2D eigenvalue weighted by Crippen LogP contribution is 2.19. The number of hydrogen-bond donors (Lipinski definition) is 1. The Kier molecular flexibility index (Phi) is 7.73. The van der Waals surface area contributed by atoms with E-state index in [1.165, 1.54) is 5.56 Å². The molecule has 1 aromatic carbocycles. The maximum Gasteiger partial charge on any atom is 0.129 e. The molecule has 0 heterocycles. The summed E-state index contributed by atoms with van der Waals surface area (Å²) >= 11 is 3.60. The normalized spacial score (nSPS) is 14.7. The summed E-state index contributed by atoms with van der Waals surface area (Å²) in [6.45, 7) is 12.7.